The predicted molar refractivity (Wildman–Crippen MR) is 110 cm³/mol. The van der Waals surface area contributed by atoms with Gasteiger partial charge in [-0.25, -0.2) is 4.79 Å². The monoisotopic (exact) mass is 416 g/mol. The average molecular weight is 417 g/mol. The van der Waals surface area contributed by atoms with Gasteiger partial charge in [-0.15, -0.1) is 0 Å². The number of nitrogens with one attached hydrogen (secondary N) is 1. The van der Waals surface area contributed by atoms with E-state index in [9.17, 15) is 14.7 Å². The Kier molecular flexibility index (Phi) is 5.81. The molecule has 0 aliphatic carbocycles. The van der Waals surface area contributed by atoms with E-state index in [2.05, 4.69) is 5.32 Å². The number of aromatic nitrogens is 1. The molecular formula is C21H21ClN2O5. The van der Waals surface area contributed by atoms with Crippen LogP contribution in [0.25, 0.3) is 10.9 Å². The largest absolute Gasteiger partial charge is 0.495 e. The van der Waals surface area contributed by atoms with Crippen LogP contribution in [0, 0.1) is 6.92 Å². The van der Waals surface area contributed by atoms with Gasteiger partial charge in [-0.2, -0.15) is 0 Å². The number of carbonyl (C=O) groups excluding carboxylic acids is 1. The lowest BCUT2D eigenvalue weighted by atomic mass is 9.99. The second kappa shape index (κ2) is 8.14. The number of halogens is 1. The van der Waals surface area contributed by atoms with Gasteiger partial charge in [0.2, 0.25) is 0 Å². The number of hydrogen-bond donors (Lipinski definition) is 3. The van der Waals surface area contributed by atoms with E-state index >= 15 is 0 Å². The number of nitrogens with zero attached hydrogens (tertiary/aromatic N) is 1. The van der Waals surface area contributed by atoms with Crippen LogP contribution in [0.1, 0.15) is 38.0 Å². The van der Waals surface area contributed by atoms with Crippen LogP contribution in [-0.4, -0.2) is 40.4 Å². The standard InChI is InChI=1S/C21H21ClN2O5/c1-11-8-12(21(27)28)4-5-13(11)15(10-25)23-20(26)17-9-14-16(24(17)2)6-7-18(29-3)19(14)22/h4-9,15,25H,10H2,1-3H3,(H,23,26)(H,27,28)/t15-/m1/s1. The molecule has 1 heterocycles. The van der Waals surface area contributed by atoms with Crippen molar-refractivity contribution in [3.05, 3.63) is 63.8 Å². The summed E-state index contributed by atoms with van der Waals surface area (Å²) >= 11 is 6.36. The number of aliphatic hydroxyl groups excluding tert-OH is 1. The molecule has 0 radical (unpaired) electrons. The van der Waals surface area contributed by atoms with Gasteiger partial charge < -0.3 is 24.8 Å². The number of amides is 1. The van der Waals surface area contributed by atoms with Crippen molar-refractivity contribution in [2.45, 2.75) is 13.0 Å². The number of ether oxygens (including phenoxy) is 1. The smallest absolute Gasteiger partial charge is 0.335 e. The number of hydrogen-bond acceptors (Lipinski definition) is 4. The summed E-state index contributed by atoms with van der Waals surface area (Å²) in [6.07, 6.45) is 0. The first-order chi connectivity index (χ1) is 13.8. The zero-order valence-corrected chi connectivity index (χ0v) is 16.9. The molecule has 0 spiro atoms. The van der Waals surface area contributed by atoms with Gasteiger partial charge in [0.15, 0.2) is 0 Å². The summed E-state index contributed by atoms with van der Waals surface area (Å²) in [4.78, 5) is 24.0. The Morgan fingerprint density at radius 2 is 1.97 bits per heavy atom. The highest BCUT2D eigenvalue weighted by Gasteiger charge is 2.21. The fourth-order valence-corrected chi connectivity index (χ4v) is 3.68. The van der Waals surface area contributed by atoms with Crippen molar-refractivity contribution in [3.63, 3.8) is 0 Å². The van der Waals surface area contributed by atoms with E-state index in [1.807, 2.05) is 6.07 Å². The zero-order chi connectivity index (χ0) is 21.3. The molecule has 8 heteroatoms. The number of benzene rings is 2. The number of aryl methyl sites for hydroxylation is 2. The fraction of sp³-hybridized carbons (Fsp3) is 0.238. The first-order valence-corrected chi connectivity index (χ1v) is 9.23. The van der Waals surface area contributed by atoms with E-state index in [1.54, 1.807) is 36.7 Å². The SMILES string of the molecule is COc1ccc2c(cc(C(=O)N[C@H](CO)c3ccc(C(=O)O)cc3C)n2C)c1Cl. The molecule has 3 rings (SSSR count). The second-order valence-corrected chi connectivity index (χ2v) is 7.07. The Labute approximate surface area is 172 Å². The van der Waals surface area contributed by atoms with Gasteiger partial charge >= 0.3 is 5.97 Å². The Morgan fingerprint density at radius 3 is 2.55 bits per heavy atom. The summed E-state index contributed by atoms with van der Waals surface area (Å²) in [7, 11) is 3.27. The average Bonchev–Trinajstić information content (AvgIpc) is 3.04. The fourth-order valence-electron chi connectivity index (χ4n) is 3.38. The first kappa shape index (κ1) is 20.7. The molecule has 0 aliphatic heterocycles. The third kappa shape index (κ3) is 3.79. The van der Waals surface area contributed by atoms with E-state index in [0.717, 1.165) is 5.52 Å². The third-order valence-corrected chi connectivity index (χ3v) is 5.35. The molecule has 0 saturated heterocycles. The van der Waals surface area contributed by atoms with Crippen LogP contribution in [-0.2, 0) is 7.05 Å². The maximum absolute atomic E-state index is 12.9. The maximum atomic E-state index is 12.9. The quantitative estimate of drug-likeness (QED) is 0.572. The summed E-state index contributed by atoms with van der Waals surface area (Å²) in [5, 5.41) is 22.8. The highest BCUT2D eigenvalue weighted by molar-refractivity contribution is 6.37. The first-order valence-electron chi connectivity index (χ1n) is 8.86. The van der Waals surface area contributed by atoms with Gasteiger partial charge in [0, 0.05) is 12.4 Å². The van der Waals surface area contributed by atoms with Gasteiger partial charge in [-0.3, -0.25) is 4.79 Å². The number of aromatic carboxylic acids is 1. The Morgan fingerprint density at radius 1 is 1.24 bits per heavy atom. The highest BCUT2D eigenvalue weighted by Crippen LogP contribution is 2.34. The molecule has 3 aromatic rings. The molecule has 0 fully saturated rings. The summed E-state index contributed by atoms with van der Waals surface area (Å²) in [5.41, 5.74) is 2.59. The lowest BCUT2D eigenvalue weighted by molar-refractivity contribution is 0.0696. The number of methoxy groups -OCH3 is 1. The minimum atomic E-state index is -1.04. The number of fused-ring (bicyclic) bond motifs is 1. The van der Waals surface area contributed by atoms with E-state index in [4.69, 9.17) is 21.4 Å². The van der Waals surface area contributed by atoms with Crippen LogP contribution < -0.4 is 10.1 Å². The van der Waals surface area contributed by atoms with E-state index < -0.39 is 12.0 Å². The number of aliphatic hydroxyl groups is 1. The van der Waals surface area contributed by atoms with Crippen molar-refractivity contribution in [1.82, 2.24) is 9.88 Å². The lowest BCUT2D eigenvalue weighted by Gasteiger charge is -2.19. The number of carbonyl (C=O) groups is 2. The van der Waals surface area contributed by atoms with Crippen LogP contribution >= 0.6 is 11.6 Å². The summed E-state index contributed by atoms with van der Waals surface area (Å²) < 4.78 is 6.94. The van der Waals surface area contributed by atoms with Crippen LogP contribution in [0.2, 0.25) is 5.02 Å². The molecule has 0 saturated carbocycles. The number of carboxylic acid groups (broad SMARTS) is 1. The molecule has 7 nitrogen and oxygen atoms in total. The van der Waals surface area contributed by atoms with Crippen LogP contribution in [0.5, 0.6) is 5.75 Å². The summed E-state index contributed by atoms with van der Waals surface area (Å²) in [6.45, 7) is 1.40. The molecule has 1 atom stereocenters. The van der Waals surface area contributed by atoms with Crippen LogP contribution in [0.3, 0.4) is 0 Å². The Hall–Kier alpha value is -3.03. The molecule has 1 amide bonds. The normalized spacial score (nSPS) is 12.0. The van der Waals surface area contributed by atoms with Gasteiger partial charge in [0.05, 0.1) is 35.9 Å². The van der Waals surface area contributed by atoms with Crippen molar-refractivity contribution in [3.8, 4) is 5.75 Å². The minimum absolute atomic E-state index is 0.145. The van der Waals surface area contributed by atoms with Crippen molar-refractivity contribution in [2.24, 2.45) is 7.05 Å². The Bertz CT molecular complexity index is 1110. The second-order valence-electron chi connectivity index (χ2n) is 6.69. The molecule has 0 aliphatic rings. The molecule has 152 valence electrons. The molecular weight excluding hydrogens is 396 g/mol. The molecule has 3 N–H and O–H groups in total. The van der Waals surface area contributed by atoms with Gasteiger partial charge in [-0.05, 0) is 48.4 Å². The van der Waals surface area contributed by atoms with Crippen molar-refractivity contribution in [2.75, 3.05) is 13.7 Å². The summed E-state index contributed by atoms with van der Waals surface area (Å²) in [5.74, 6) is -0.911. The van der Waals surface area contributed by atoms with E-state index in [1.165, 1.54) is 19.2 Å². The van der Waals surface area contributed by atoms with Crippen LogP contribution in [0.15, 0.2) is 36.4 Å². The van der Waals surface area contributed by atoms with Crippen molar-refractivity contribution >= 4 is 34.4 Å². The van der Waals surface area contributed by atoms with Gasteiger partial charge in [0.25, 0.3) is 5.91 Å². The predicted octanol–water partition coefficient (Wildman–Crippen LogP) is 3.31. The highest BCUT2D eigenvalue weighted by atomic mass is 35.5. The van der Waals surface area contributed by atoms with Crippen molar-refractivity contribution < 1.29 is 24.5 Å². The molecule has 1 aromatic heterocycles. The van der Waals surface area contributed by atoms with E-state index in [0.29, 0.717) is 33.0 Å². The molecule has 29 heavy (non-hydrogen) atoms. The minimum Gasteiger partial charge on any atom is -0.495 e. The molecule has 2 aromatic carbocycles. The van der Waals surface area contributed by atoms with E-state index in [-0.39, 0.29) is 18.1 Å². The van der Waals surface area contributed by atoms with Crippen LogP contribution in [0.4, 0.5) is 0 Å². The van der Waals surface area contributed by atoms with Crippen molar-refractivity contribution in [1.29, 1.82) is 0 Å². The number of rotatable bonds is 6. The van der Waals surface area contributed by atoms with Gasteiger partial charge in [0.1, 0.15) is 11.4 Å². The molecule has 0 bridgehead atoms. The maximum Gasteiger partial charge on any atom is 0.335 e. The number of carboxylic acids is 1. The zero-order valence-electron chi connectivity index (χ0n) is 16.2. The topological polar surface area (TPSA) is 101 Å². The third-order valence-electron chi connectivity index (χ3n) is 4.96. The summed E-state index contributed by atoms with van der Waals surface area (Å²) in [6, 6.07) is 9.09. The molecule has 0 unspecified atom stereocenters. The lowest BCUT2D eigenvalue weighted by Crippen LogP contribution is -2.32. The van der Waals surface area contributed by atoms with Gasteiger partial charge in [-0.1, -0.05) is 17.7 Å². The Balaban J connectivity index is 1.93.